The van der Waals surface area contributed by atoms with Crippen molar-refractivity contribution in [3.05, 3.63) is 0 Å². The molecule has 98 valence electrons. The van der Waals surface area contributed by atoms with E-state index in [4.69, 9.17) is 11.2 Å². The molecule has 1 rings (SSSR count). The minimum atomic E-state index is -0.587. The number of hydrogen-bond donors (Lipinski definition) is 1. The maximum atomic E-state index is 9.91. The number of piperidine rings is 1. The molecule has 0 spiro atoms. The van der Waals surface area contributed by atoms with Crippen molar-refractivity contribution >= 4 is 0 Å². The number of ether oxygens (including phenoxy) is 1. The Bertz CT molecular complexity index is 270. The average Bonchev–Trinajstić information content (AvgIpc) is 2.27. The Balaban J connectivity index is 2.25. The van der Waals surface area contributed by atoms with Crippen molar-refractivity contribution in [3.8, 4) is 12.3 Å². The topological polar surface area (TPSA) is 32.7 Å². The van der Waals surface area contributed by atoms with Crippen LogP contribution in [0.5, 0.6) is 0 Å². The minimum absolute atomic E-state index is 0.308. The van der Waals surface area contributed by atoms with Crippen molar-refractivity contribution in [3.63, 3.8) is 0 Å². The number of terminal acetylenes is 1. The summed E-state index contributed by atoms with van der Waals surface area (Å²) in [6.07, 6.45) is 7.40. The molecular formula is C14H25NO2. The normalized spacial score (nSPS) is 24.3. The zero-order valence-corrected chi connectivity index (χ0v) is 11.3. The third kappa shape index (κ3) is 5.54. The number of aliphatic hydroxyl groups excluding tert-OH is 1. The van der Waals surface area contributed by atoms with E-state index in [0.717, 1.165) is 19.0 Å². The van der Waals surface area contributed by atoms with Crippen LogP contribution in [-0.2, 0) is 4.74 Å². The number of aliphatic hydroxyl groups is 1. The molecule has 1 aliphatic heterocycles. The first-order valence-corrected chi connectivity index (χ1v) is 6.45. The highest BCUT2D eigenvalue weighted by Gasteiger charge is 2.21. The number of β-amino-alcohol motifs (C(OH)–C–C–N with tert-alkyl or cyclic N) is 1. The molecule has 0 aromatic heterocycles. The fourth-order valence-corrected chi connectivity index (χ4v) is 2.15. The molecule has 1 saturated heterocycles. The quantitative estimate of drug-likeness (QED) is 0.738. The molecule has 0 radical (unpaired) electrons. The van der Waals surface area contributed by atoms with Gasteiger partial charge in [0.25, 0.3) is 0 Å². The predicted molar refractivity (Wildman–Crippen MR) is 69.7 cm³/mol. The lowest BCUT2D eigenvalue weighted by Gasteiger charge is -2.32. The molecule has 1 heterocycles. The second-order valence-corrected chi connectivity index (χ2v) is 5.63. The lowest BCUT2D eigenvalue weighted by Crippen LogP contribution is -2.41. The summed E-state index contributed by atoms with van der Waals surface area (Å²) >= 11 is 0. The van der Waals surface area contributed by atoms with Gasteiger partial charge in [0, 0.05) is 13.1 Å². The van der Waals surface area contributed by atoms with Gasteiger partial charge in [-0.25, -0.2) is 0 Å². The van der Waals surface area contributed by atoms with E-state index in [9.17, 15) is 5.11 Å². The molecule has 2 atom stereocenters. The fraction of sp³-hybridized carbons (Fsp3) is 0.857. The molecule has 3 nitrogen and oxygen atoms in total. The van der Waals surface area contributed by atoms with Crippen molar-refractivity contribution in [1.29, 1.82) is 0 Å². The van der Waals surface area contributed by atoms with Crippen molar-refractivity contribution in [2.75, 3.05) is 26.2 Å². The van der Waals surface area contributed by atoms with Crippen LogP contribution in [0.3, 0.4) is 0 Å². The van der Waals surface area contributed by atoms with Crippen LogP contribution in [-0.4, -0.2) is 48.0 Å². The van der Waals surface area contributed by atoms with Gasteiger partial charge in [-0.05, 0) is 39.2 Å². The summed E-state index contributed by atoms with van der Waals surface area (Å²) in [5.41, 5.74) is -0.587. The van der Waals surface area contributed by atoms with Gasteiger partial charge < -0.3 is 14.7 Å². The summed E-state index contributed by atoms with van der Waals surface area (Å²) in [6, 6.07) is 0. The van der Waals surface area contributed by atoms with Crippen LogP contribution in [0.1, 0.15) is 33.6 Å². The Morgan fingerprint density at radius 3 is 2.88 bits per heavy atom. The standard InChI is InChI=1S/C14H25NO2/c1-5-14(3,4)17-11-13(16)10-15-8-6-7-12(2)9-15/h1,12-13,16H,6-11H2,2-4H3. The summed E-state index contributed by atoms with van der Waals surface area (Å²) in [5.74, 6) is 3.30. The molecule has 2 unspecified atom stereocenters. The molecule has 17 heavy (non-hydrogen) atoms. The highest BCUT2D eigenvalue weighted by atomic mass is 16.5. The molecule has 0 amide bonds. The fourth-order valence-electron chi connectivity index (χ4n) is 2.15. The molecule has 0 bridgehead atoms. The maximum Gasteiger partial charge on any atom is 0.122 e. The Morgan fingerprint density at radius 1 is 1.59 bits per heavy atom. The van der Waals surface area contributed by atoms with E-state index < -0.39 is 11.7 Å². The van der Waals surface area contributed by atoms with E-state index in [1.165, 1.54) is 12.8 Å². The Labute approximate surface area is 105 Å². The highest BCUT2D eigenvalue weighted by molar-refractivity contribution is 5.02. The Hall–Kier alpha value is -0.560. The zero-order chi connectivity index (χ0) is 12.9. The summed E-state index contributed by atoms with van der Waals surface area (Å²) < 4.78 is 5.50. The van der Waals surface area contributed by atoms with Crippen molar-refractivity contribution in [2.24, 2.45) is 5.92 Å². The maximum absolute atomic E-state index is 9.91. The van der Waals surface area contributed by atoms with Gasteiger partial charge >= 0.3 is 0 Å². The molecule has 0 aromatic carbocycles. The van der Waals surface area contributed by atoms with Crippen molar-refractivity contribution in [1.82, 2.24) is 4.90 Å². The van der Waals surface area contributed by atoms with Gasteiger partial charge in [0.2, 0.25) is 0 Å². The van der Waals surface area contributed by atoms with E-state index >= 15 is 0 Å². The van der Waals surface area contributed by atoms with E-state index in [-0.39, 0.29) is 0 Å². The molecule has 3 heteroatoms. The summed E-state index contributed by atoms with van der Waals surface area (Å²) in [7, 11) is 0. The van der Waals surface area contributed by atoms with Crippen molar-refractivity contribution in [2.45, 2.75) is 45.3 Å². The van der Waals surface area contributed by atoms with Crippen LogP contribution < -0.4 is 0 Å². The SMILES string of the molecule is C#CC(C)(C)OCC(O)CN1CCCC(C)C1. The number of likely N-dealkylation sites (tertiary alicyclic amines) is 1. The van der Waals surface area contributed by atoms with E-state index in [2.05, 4.69) is 17.7 Å². The second-order valence-electron chi connectivity index (χ2n) is 5.63. The Kier molecular flexibility index (Phi) is 5.45. The van der Waals surface area contributed by atoms with Gasteiger partial charge in [-0.15, -0.1) is 6.42 Å². The third-order valence-corrected chi connectivity index (χ3v) is 3.19. The van der Waals surface area contributed by atoms with E-state index in [1.807, 2.05) is 13.8 Å². The minimum Gasteiger partial charge on any atom is -0.389 e. The molecular weight excluding hydrogens is 214 g/mol. The summed E-state index contributed by atoms with van der Waals surface area (Å²) in [4.78, 5) is 2.31. The number of hydrogen-bond acceptors (Lipinski definition) is 3. The lowest BCUT2D eigenvalue weighted by molar-refractivity contribution is -0.0401. The van der Waals surface area contributed by atoms with Crippen LogP contribution in [0.25, 0.3) is 0 Å². The predicted octanol–water partition coefficient (Wildman–Crippen LogP) is 1.51. The smallest absolute Gasteiger partial charge is 0.122 e. The van der Waals surface area contributed by atoms with E-state index in [0.29, 0.717) is 13.2 Å². The van der Waals surface area contributed by atoms with Crippen molar-refractivity contribution < 1.29 is 9.84 Å². The van der Waals surface area contributed by atoms with Gasteiger partial charge in [-0.1, -0.05) is 12.8 Å². The van der Waals surface area contributed by atoms with Gasteiger partial charge in [0.15, 0.2) is 0 Å². The first-order valence-electron chi connectivity index (χ1n) is 6.45. The number of rotatable bonds is 5. The van der Waals surface area contributed by atoms with Crippen LogP contribution in [0, 0.1) is 18.3 Å². The summed E-state index contributed by atoms with van der Waals surface area (Å²) in [5, 5.41) is 9.91. The number of nitrogens with zero attached hydrogens (tertiary/aromatic N) is 1. The van der Waals surface area contributed by atoms with Crippen LogP contribution in [0.4, 0.5) is 0 Å². The van der Waals surface area contributed by atoms with Gasteiger partial charge in [0.1, 0.15) is 5.60 Å². The molecule has 1 fully saturated rings. The summed E-state index contributed by atoms with van der Waals surface area (Å²) in [6.45, 7) is 9.09. The Morgan fingerprint density at radius 2 is 2.29 bits per heavy atom. The highest BCUT2D eigenvalue weighted by Crippen LogP contribution is 2.16. The third-order valence-electron chi connectivity index (χ3n) is 3.19. The van der Waals surface area contributed by atoms with Crippen LogP contribution in [0.2, 0.25) is 0 Å². The van der Waals surface area contributed by atoms with Gasteiger partial charge in [-0.2, -0.15) is 0 Å². The largest absolute Gasteiger partial charge is 0.389 e. The molecule has 0 aliphatic carbocycles. The van der Waals surface area contributed by atoms with Gasteiger partial charge in [-0.3, -0.25) is 0 Å². The molecule has 0 aromatic rings. The lowest BCUT2D eigenvalue weighted by atomic mass is 10.00. The first-order chi connectivity index (χ1) is 7.93. The van der Waals surface area contributed by atoms with E-state index in [1.54, 1.807) is 0 Å². The molecule has 1 N–H and O–H groups in total. The average molecular weight is 239 g/mol. The first kappa shape index (κ1) is 14.5. The zero-order valence-electron chi connectivity index (χ0n) is 11.3. The monoisotopic (exact) mass is 239 g/mol. The van der Waals surface area contributed by atoms with Gasteiger partial charge in [0.05, 0.1) is 12.7 Å². The molecule has 0 saturated carbocycles. The van der Waals surface area contributed by atoms with Crippen LogP contribution in [0.15, 0.2) is 0 Å². The molecule has 1 aliphatic rings. The van der Waals surface area contributed by atoms with Crippen LogP contribution >= 0.6 is 0 Å². The second kappa shape index (κ2) is 6.39.